The molecule has 0 saturated heterocycles. The van der Waals surface area contributed by atoms with Crippen LogP contribution in [0, 0.1) is 5.21 Å². The normalized spacial score (nSPS) is 12.3. The molecule has 22 heavy (non-hydrogen) atoms. The lowest BCUT2D eigenvalue weighted by molar-refractivity contribution is -0.233. The Hall–Kier alpha value is -0.160. The minimum atomic E-state index is -2.23. The molecular weight excluding hydrogens is 278 g/mol. The van der Waals surface area contributed by atoms with E-state index in [4.69, 9.17) is 10.2 Å². The maximum absolute atomic E-state index is 11.2. The highest BCUT2D eigenvalue weighted by Gasteiger charge is 2.15. The molecule has 0 amide bonds. The van der Waals surface area contributed by atoms with Crippen molar-refractivity contribution in [3.8, 4) is 0 Å². The van der Waals surface area contributed by atoms with E-state index in [1.54, 1.807) is 0 Å². The number of aliphatic hydroxyl groups is 2. The van der Waals surface area contributed by atoms with E-state index in [1.165, 1.54) is 70.6 Å². The second kappa shape index (κ2) is 14.4. The molecule has 0 spiro atoms. The lowest BCUT2D eigenvalue weighted by Crippen LogP contribution is -2.42. The predicted octanol–water partition coefficient (Wildman–Crippen LogP) is 4.93. The van der Waals surface area contributed by atoms with Gasteiger partial charge in [-0.3, -0.25) is 0 Å². The van der Waals surface area contributed by atoms with Gasteiger partial charge in [-0.15, -0.1) is 0 Å². The first kappa shape index (κ1) is 21.8. The van der Waals surface area contributed by atoms with Gasteiger partial charge in [0.2, 0.25) is 5.91 Å². The van der Waals surface area contributed by atoms with Gasteiger partial charge in [-0.1, -0.05) is 90.4 Å². The summed E-state index contributed by atoms with van der Waals surface area (Å²) in [6, 6.07) is 0. The molecule has 4 nitrogen and oxygen atoms in total. The van der Waals surface area contributed by atoms with Crippen molar-refractivity contribution in [1.29, 1.82) is 0 Å². The zero-order valence-electron chi connectivity index (χ0n) is 14.9. The molecule has 0 fully saturated rings. The molecule has 0 heterocycles. The van der Waals surface area contributed by atoms with Crippen LogP contribution in [-0.4, -0.2) is 27.7 Å². The molecule has 0 aromatic carbocycles. The Kier molecular flexibility index (Phi) is 14.3. The van der Waals surface area contributed by atoms with E-state index in [0.717, 1.165) is 26.2 Å². The maximum Gasteiger partial charge on any atom is 0.210 e. The molecule has 0 atom stereocenters. The monoisotopic (exact) mass is 316 g/mol. The summed E-state index contributed by atoms with van der Waals surface area (Å²) in [5.41, 5.74) is 0. The summed E-state index contributed by atoms with van der Waals surface area (Å²) in [6.07, 6.45) is 17.8. The summed E-state index contributed by atoms with van der Waals surface area (Å²) < 4.78 is 0. The summed E-state index contributed by atoms with van der Waals surface area (Å²) in [5.74, 6) is -2.23. The summed E-state index contributed by atoms with van der Waals surface area (Å²) in [4.78, 5) is 0. The third-order valence-electron chi connectivity index (χ3n) is 4.19. The van der Waals surface area contributed by atoms with Crippen LogP contribution in [0.5, 0.6) is 0 Å². The van der Waals surface area contributed by atoms with Crippen LogP contribution in [0.2, 0.25) is 0 Å². The molecule has 0 rings (SSSR count). The van der Waals surface area contributed by atoms with E-state index in [-0.39, 0.29) is 6.54 Å². The number of hydrogen-bond acceptors (Lipinski definition) is 4. The van der Waals surface area contributed by atoms with Crippen molar-refractivity contribution in [2.45, 2.75) is 110 Å². The molecule has 2 N–H and O–H groups in total. The molecule has 0 saturated carbocycles. The van der Waals surface area contributed by atoms with Gasteiger partial charge in [0.25, 0.3) is 0 Å². The van der Waals surface area contributed by atoms with Crippen molar-refractivity contribution in [3.63, 3.8) is 0 Å². The average Bonchev–Trinajstić information content (AvgIpc) is 2.46. The van der Waals surface area contributed by atoms with Crippen molar-refractivity contribution >= 4 is 0 Å². The van der Waals surface area contributed by atoms with Gasteiger partial charge in [0.1, 0.15) is 0 Å². The topological polar surface area (TPSA) is 66.8 Å². The van der Waals surface area contributed by atoms with E-state index in [0.29, 0.717) is 5.06 Å². The largest absolute Gasteiger partial charge is 0.781 e. The fraction of sp³-hybridized carbons (Fsp3) is 1.00. The first-order chi connectivity index (χ1) is 10.5. The van der Waals surface area contributed by atoms with Gasteiger partial charge >= 0.3 is 0 Å². The molecule has 0 unspecified atom stereocenters. The molecule has 0 aliphatic rings. The fourth-order valence-electron chi connectivity index (χ4n) is 2.66. The number of unbranched alkanes of at least 4 members (excludes halogenated alkanes) is 13. The van der Waals surface area contributed by atoms with Crippen molar-refractivity contribution in [2.75, 3.05) is 6.54 Å². The Bertz CT molecular complexity index is 229. The van der Waals surface area contributed by atoms with Crippen LogP contribution >= 0.6 is 0 Å². The van der Waals surface area contributed by atoms with Gasteiger partial charge in [-0.2, -0.15) is 0 Å². The standard InChI is InChI=1S/C18H38NO3/c1-3-4-5-6-7-8-9-10-11-12-13-14-15-16-17-19(22)18(2,20)21/h20-21H,3-17H2,1-2H3/q-1. The summed E-state index contributed by atoms with van der Waals surface area (Å²) >= 11 is 0. The van der Waals surface area contributed by atoms with Crippen molar-refractivity contribution in [2.24, 2.45) is 0 Å². The molecule has 4 heteroatoms. The van der Waals surface area contributed by atoms with Crippen LogP contribution < -0.4 is 0 Å². The minimum absolute atomic E-state index is 0.196. The first-order valence-corrected chi connectivity index (χ1v) is 9.38. The van der Waals surface area contributed by atoms with Crippen molar-refractivity contribution < 1.29 is 10.2 Å². The van der Waals surface area contributed by atoms with E-state index >= 15 is 0 Å². The highest BCUT2D eigenvalue weighted by atomic mass is 16.6. The van der Waals surface area contributed by atoms with Crippen LogP contribution in [0.4, 0.5) is 0 Å². The molecule has 134 valence electrons. The van der Waals surface area contributed by atoms with Crippen LogP contribution in [-0.2, 0) is 0 Å². The quantitative estimate of drug-likeness (QED) is 0.241. The predicted molar refractivity (Wildman–Crippen MR) is 93.2 cm³/mol. The Morgan fingerprint density at radius 2 is 1.00 bits per heavy atom. The fourth-order valence-corrected chi connectivity index (χ4v) is 2.66. The first-order valence-electron chi connectivity index (χ1n) is 9.38. The summed E-state index contributed by atoms with van der Waals surface area (Å²) in [7, 11) is 0. The summed E-state index contributed by atoms with van der Waals surface area (Å²) in [5, 5.41) is 29.7. The maximum atomic E-state index is 11.2. The van der Waals surface area contributed by atoms with Crippen molar-refractivity contribution in [3.05, 3.63) is 5.21 Å². The third-order valence-corrected chi connectivity index (χ3v) is 4.19. The van der Waals surface area contributed by atoms with Crippen LogP contribution in [0.25, 0.3) is 0 Å². The number of nitrogens with zero attached hydrogens (tertiary/aromatic N) is 1. The number of rotatable bonds is 16. The van der Waals surface area contributed by atoms with Crippen LogP contribution in [0.1, 0.15) is 104 Å². The van der Waals surface area contributed by atoms with Gasteiger partial charge in [0.05, 0.1) is 0 Å². The van der Waals surface area contributed by atoms with Crippen LogP contribution in [0.3, 0.4) is 0 Å². The number of hydrogen-bond donors (Lipinski definition) is 2. The number of hydroxylamine groups is 2. The van der Waals surface area contributed by atoms with Gasteiger partial charge in [0.15, 0.2) is 0 Å². The molecular formula is C18H38NO3-. The van der Waals surface area contributed by atoms with E-state index in [9.17, 15) is 5.21 Å². The lowest BCUT2D eigenvalue weighted by Gasteiger charge is -2.37. The summed E-state index contributed by atoms with van der Waals surface area (Å²) in [6.45, 7) is 3.55. The molecule has 0 aliphatic carbocycles. The third kappa shape index (κ3) is 14.8. The Morgan fingerprint density at radius 1 is 0.682 bits per heavy atom. The zero-order valence-corrected chi connectivity index (χ0v) is 14.9. The van der Waals surface area contributed by atoms with Crippen molar-refractivity contribution in [1.82, 2.24) is 5.06 Å². The van der Waals surface area contributed by atoms with Gasteiger partial charge in [-0.25, -0.2) is 0 Å². The second-order valence-corrected chi connectivity index (χ2v) is 6.67. The molecule has 0 bridgehead atoms. The minimum Gasteiger partial charge on any atom is -0.781 e. The van der Waals surface area contributed by atoms with Crippen LogP contribution in [0.15, 0.2) is 0 Å². The van der Waals surface area contributed by atoms with E-state index in [1.807, 2.05) is 0 Å². The SMILES string of the molecule is CCCCCCCCCCCCCCCCN([O-])C(C)(O)O. The highest BCUT2D eigenvalue weighted by Crippen LogP contribution is 2.13. The Labute approximate surface area is 137 Å². The van der Waals surface area contributed by atoms with E-state index in [2.05, 4.69) is 6.92 Å². The average molecular weight is 317 g/mol. The molecule has 0 aromatic rings. The second-order valence-electron chi connectivity index (χ2n) is 6.67. The molecule has 0 radical (unpaired) electrons. The molecule has 0 aromatic heterocycles. The highest BCUT2D eigenvalue weighted by molar-refractivity contribution is 4.63. The Balaban J connectivity index is 3.12. The molecule has 0 aliphatic heterocycles. The smallest absolute Gasteiger partial charge is 0.210 e. The lowest BCUT2D eigenvalue weighted by atomic mass is 10.0. The Morgan fingerprint density at radius 3 is 1.32 bits per heavy atom. The van der Waals surface area contributed by atoms with E-state index < -0.39 is 5.91 Å². The van der Waals surface area contributed by atoms with Gasteiger partial charge < -0.3 is 20.5 Å². The van der Waals surface area contributed by atoms with Gasteiger partial charge in [0, 0.05) is 6.92 Å². The van der Waals surface area contributed by atoms with Gasteiger partial charge in [-0.05, 0) is 13.0 Å². The zero-order chi connectivity index (χ0) is 16.7.